The third-order valence-electron chi connectivity index (χ3n) is 5.73. The Bertz CT molecular complexity index is 816. The zero-order chi connectivity index (χ0) is 20.3. The standard InChI is InChI=1S/C23H27NO4/c1-14(2)15(3)21(12-22(25)26)24-23(27)28-13-20-18-10-6-4-8-16(18)17-9-5-7-11-19(17)20/h4-11,14-15,20-21H,12-13H2,1-3H3,(H,24,27)(H,25,26). The molecule has 0 radical (unpaired) electrons. The molecule has 2 aromatic carbocycles. The highest BCUT2D eigenvalue weighted by molar-refractivity contribution is 5.79. The van der Waals surface area contributed by atoms with E-state index in [9.17, 15) is 9.59 Å². The molecule has 1 amide bonds. The molecule has 0 aromatic heterocycles. The van der Waals surface area contributed by atoms with Crippen molar-refractivity contribution >= 4 is 12.1 Å². The molecule has 5 nitrogen and oxygen atoms in total. The average Bonchev–Trinajstić information content (AvgIpc) is 2.99. The minimum absolute atomic E-state index is 0.0152. The fourth-order valence-electron chi connectivity index (χ4n) is 3.81. The van der Waals surface area contributed by atoms with Crippen LogP contribution < -0.4 is 5.32 Å². The van der Waals surface area contributed by atoms with Crippen molar-refractivity contribution in [2.24, 2.45) is 11.8 Å². The van der Waals surface area contributed by atoms with Gasteiger partial charge >= 0.3 is 12.1 Å². The molecule has 2 unspecified atom stereocenters. The van der Waals surface area contributed by atoms with Crippen LogP contribution >= 0.6 is 0 Å². The fourth-order valence-corrected chi connectivity index (χ4v) is 3.81. The molecule has 0 bridgehead atoms. The van der Waals surface area contributed by atoms with Crippen molar-refractivity contribution < 1.29 is 19.4 Å². The average molecular weight is 381 g/mol. The molecule has 0 saturated heterocycles. The Morgan fingerprint density at radius 1 is 1.00 bits per heavy atom. The largest absolute Gasteiger partial charge is 0.481 e. The van der Waals surface area contributed by atoms with Gasteiger partial charge < -0.3 is 15.2 Å². The van der Waals surface area contributed by atoms with E-state index >= 15 is 0 Å². The number of carbonyl (C=O) groups excluding carboxylic acids is 1. The second-order valence-corrected chi connectivity index (χ2v) is 7.78. The normalized spacial score (nSPS) is 14.9. The highest BCUT2D eigenvalue weighted by Gasteiger charge is 2.30. The van der Waals surface area contributed by atoms with Gasteiger partial charge in [-0.1, -0.05) is 69.3 Å². The van der Waals surface area contributed by atoms with Gasteiger partial charge in [0.1, 0.15) is 6.61 Å². The summed E-state index contributed by atoms with van der Waals surface area (Å²) in [6.07, 6.45) is -0.690. The maximum Gasteiger partial charge on any atom is 0.407 e. The van der Waals surface area contributed by atoms with Gasteiger partial charge in [0.05, 0.1) is 6.42 Å². The van der Waals surface area contributed by atoms with Gasteiger partial charge in [-0.15, -0.1) is 0 Å². The van der Waals surface area contributed by atoms with Crippen LogP contribution in [0.4, 0.5) is 4.79 Å². The number of carboxylic acids is 1. The van der Waals surface area contributed by atoms with Gasteiger partial charge in [-0.2, -0.15) is 0 Å². The van der Waals surface area contributed by atoms with E-state index < -0.39 is 18.1 Å². The van der Waals surface area contributed by atoms with Crippen molar-refractivity contribution in [1.82, 2.24) is 5.32 Å². The minimum atomic E-state index is -0.934. The molecule has 2 atom stereocenters. The van der Waals surface area contributed by atoms with Crippen LogP contribution in [0.15, 0.2) is 48.5 Å². The van der Waals surface area contributed by atoms with Crippen LogP contribution in [-0.2, 0) is 9.53 Å². The summed E-state index contributed by atoms with van der Waals surface area (Å²) in [4.78, 5) is 23.6. The SMILES string of the molecule is CC(C)C(C)C(CC(=O)O)NC(=O)OCC1c2ccccc2-c2ccccc21. The number of amides is 1. The number of ether oxygens (including phenoxy) is 1. The monoisotopic (exact) mass is 381 g/mol. The zero-order valence-electron chi connectivity index (χ0n) is 16.5. The van der Waals surface area contributed by atoms with Crippen molar-refractivity contribution in [3.8, 4) is 11.1 Å². The maximum atomic E-state index is 12.4. The molecular formula is C23H27NO4. The highest BCUT2D eigenvalue weighted by Crippen LogP contribution is 2.44. The molecule has 0 heterocycles. The smallest absolute Gasteiger partial charge is 0.407 e. The van der Waals surface area contributed by atoms with Gasteiger partial charge in [0.2, 0.25) is 0 Å². The van der Waals surface area contributed by atoms with Crippen molar-refractivity contribution in [2.45, 2.75) is 39.2 Å². The number of benzene rings is 2. The highest BCUT2D eigenvalue weighted by atomic mass is 16.5. The molecular weight excluding hydrogens is 354 g/mol. The molecule has 3 rings (SSSR count). The van der Waals surface area contributed by atoms with Gasteiger partial charge in [-0.25, -0.2) is 4.79 Å². The maximum absolute atomic E-state index is 12.4. The molecule has 28 heavy (non-hydrogen) atoms. The summed E-state index contributed by atoms with van der Waals surface area (Å²) >= 11 is 0. The number of aliphatic carboxylic acids is 1. The lowest BCUT2D eigenvalue weighted by molar-refractivity contribution is -0.137. The summed E-state index contributed by atoms with van der Waals surface area (Å²) in [7, 11) is 0. The van der Waals surface area contributed by atoms with E-state index in [1.165, 1.54) is 11.1 Å². The third-order valence-corrected chi connectivity index (χ3v) is 5.73. The molecule has 0 aliphatic heterocycles. The molecule has 5 heteroatoms. The van der Waals surface area contributed by atoms with E-state index in [4.69, 9.17) is 9.84 Å². The van der Waals surface area contributed by atoms with Crippen LogP contribution in [0, 0.1) is 11.8 Å². The number of hydrogen-bond acceptors (Lipinski definition) is 3. The van der Waals surface area contributed by atoms with Crippen LogP contribution in [0.5, 0.6) is 0 Å². The third kappa shape index (κ3) is 4.19. The topological polar surface area (TPSA) is 75.6 Å². The van der Waals surface area contributed by atoms with Gasteiger partial charge in [0.15, 0.2) is 0 Å². The number of fused-ring (bicyclic) bond motifs is 3. The molecule has 2 aromatic rings. The Balaban J connectivity index is 1.69. The minimum Gasteiger partial charge on any atom is -0.481 e. The first-order chi connectivity index (χ1) is 13.4. The molecule has 0 saturated carbocycles. The second-order valence-electron chi connectivity index (χ2n) is 7.78. The first-order valence-electron chi connectivity index (χ1n) is 9.71. The summed E-state index contributed by atoms with van der Waals surface area (Å²) in [6, 6.07) is 15.8. The van der Waals surface area contributed by atoms with Crippen molar-refractivity contribution in [3.05, 3.63) is 59.7 Å². The Kier molecular flexibility index (Phi) is 6.02. The number of carbonyl (C=O) groups is 2. The van der Waals surface area contributed by atoms with E-state index in [-0.39, 0.29) is 30.8 Å². The summed E-state index contributed by atoms with van der Waals surface area (Å²) in [5.74, 6) is -0.676. The van der Waals surface area contributed by atoms with Gasteiger partial charge in [0, 0.05) is 12.0 Å². The molecule has 2 N–H and O–H groups in total. The van der Waals surface area contributed by atoms with E-state index in [1.54, 1.807) is 0 Å². The quantitative estimate of drug-likeness (QED) is 0.731. The first-order valence-corrected chi connectivity index (χ1v) is 9.71. The van der Waals surface area contributed by atoms with Crippen molar-refractivity contribution in [2.75, 3.05) is 6.61 Å². The summed E-state index contributed by atoms with van der Waals surface area (Å²) in [5, 5.41) is 11.9. The Hall–Kier alpha value is -2.82. The predicted octanol–water partition coefficient (Wildman–Crippen LogP) is 4.66. The van der Waals surface area contributed by atoms with E-state index in [0.717, 1.165) is 11.1 Å². The van der Waals surface area contributed by atoms with Crippen LogP contribution in [0.1, 0.15) is 44.2 Å². The van der Waals surface area contributed by atoms with E-state index in [2.05, 4.69) is 29.6 Å². The summed E-state index contributed by atoms with van der Waals surface area (Å²) < 4.78 is 5.54. The Morgan fingerprint density at radius 3 is 2.04 bits per heavy atom. The lowest BCUT2D eigenvalue weighted by atomic mass is 9.88. The first kappa shape index (κ1) is 19.9. The fraction of sp³-hybridized carbons (Fsp3) is 0.391. The second kappa shape index (κ2) is 8.46. The molecule has 1 aliphatic rings. The van der Waals surface area contributed by atoms with Gasteiger partial charge in [-0.05, 0) is 34.1 Å². The van der Waals surface area contributed by atoms with Crippen LogP contribution in [0.2, 0.25) is 0 Å². The lowest BCUT2D eigenvalue weighted by Crippen LogP contribution is -2.43. The van der Waals surface area contributed by atoms with Crippen LogP contribution in [0.3, 0.4) is 0 Å². The van der Waals surface area contributed by atoms with Crippen molar-refractivity contribution in [1.29, 1.82) is 0 Å². The van der Waals surface area contributed by atoms with Gasteiger partial charge in [-0.3, -0.25) is 4.79 Å². The number of carboxylic acid groups (broad SMARTS) is 1. The number of rotatable bonds is 7. The van der Waals surface area contributed by atoms with E-state index in [1.807, 2.05) is 45.0 Å². The number of nitrogens with one attached hydrogen (secondary N) is 1. The molecule has 0 spiro atoms. The summed E-state index contributed by atoms with van der Waals surface area (Å²) in [5.41, 5.74) is 4.64. The zero-order valence-corrected chi connectivity index (χ0v) is 16.5. The van der Waals surface area contributed by atoms with Crippen LogP contribution in [-0.4, -0.2) is 29.8 Å². The number of hydrogen-bond donors (Lipinski definition) is 2. The predicted molar refractivity (Wildman–Crippen MR) is 108 cm³/mol. The molecule has 1 aliphatic carbocycles. The van der Waals surface area contributed by atoms with Crippen molar-refractivity contribution in [3.63, 3.8) is 0 Å². The molecule has 148 valence electrons. The Morgan fingerprint density at radius 2 is 1.54 bits per heavy atom. The molecule has 0 fully saturated rings. The summed E-state index contributed by atoms with van der Waals surface area (Å²) in [6.45, 7) is 6.19. The Labute approximate surface area is 165 Å². The number of alkyl carbamates (subject to hydrolysis) is 1. The van der Waals surface area contributed by atoms with E-state index in [0.29, 0.717) is 0 Å². The van der Waals surface area contributed by atoms with Gasteiger partial charge in [0.25, 0.3) is 0 Å². The lowest BCUT2D eigenvalue weighted by Gasteiger charge is -2.26. The van der Waals surface area contributed by atoms with Crippen LogP contribution in [0.25, 0.3) is 11.1 Å².